The molecular weight excluding hydrogens is 294 g/mol. The van der Waals surface area contributed by atoms with Crippen molar-refractivity contribution < 1.29 is 4.79 Å². The van der Waals surface area contributed by atoms with Crippen LogP contribution in [0.2, 0.25) is 0 Å². The lowest BCUT2D eigenvalue weighted by atomic mass is 10.2. The lowest BCUT2D eigenvalue weighted by molar-refractivity contribution is -0.115. The summed E-state index contributed by atoms with van der Waals surface area (Å²) in [6.45, 7) is 1.97. The van der Waals surface area contributed by atoms with Gasteiger partial charge in [0.1, 0.15) is 4.32 Å². The number of carbonyl (C=O) groups excluding carboxylic acids is 1. The van der Waals surface area contributed by atoms with Gasteiger partial charge >= 0.3 is 0 Å². The lowest BCUT2D eigenvalue weighted by Gasteiger charge is -2.17. The summed E-state index contributed by atoms with van der Waals surface area (Å²) >= 11 is 9.96. The van der Waals surface area contributed by atoms with E-state index in [2.05, 4.69) is 15.9 Å². The van der Waals surface area contributed by atoms with Crippen molar-refractivity contribution >= 4 is 55.8 Å². The van der Waals surface area contributed by atoms with Crippen LogP contribution in [0.15, 0.2) is 22.7 Å². The highest BCUT2D eigenvalue weighted by Crippen LogP contribution is 2.30. The molecule has 0 radical (unpaired) electrons. The van der Waals surface area contributed by atoms with Crippen molar-refractivity contribution in [1.29, 1.82) is 0 Å². The van der Waals surface area contributed by atoms with Crippen LogP contribution in [0.1, 0.15) is 5.56 Å². The highest BCUT2D eigenvalue weighted by Gasteiger charge is 2.28. The highest BCUT2D eigenvalue weighted by atomic mass is 79.9. The Morgan fingerprint density at radius 3 is 2.80 bits per heavy atom. The molecule has 1 aromatic rings. The molecule has 1 fully saturated rings. The summed E-state index contributed by atoms with van der Waals surface area (Å²) < 4.78 is 1.65. The predicted octanol–water partition coefficient (Wildman–Crippen LogP) is 3.12. The van der Waals surface area contributed by atoms with Gasteiger partial charge in [0, 0.05) is 4.47 Å². The molecule has 15 heavy (non-hydrogen) atoms. The van der Waals surface area contributed by atoms with E-state index in [1.165, 1.54) is 11.8 Å². The second-order valence-electron chi connectivity index (χ2n) is 3.21. The number of rotatable bonds is 1. The van der Waals surface area contributed by atoms with Crippen LogP contribution >= 0.6 is 39.9 Å². The zero-order valence-corrected chi connectivity index (χ0v) is 11.2. The van der Waals surface area contributed by atoms with Gasteiger partial charge in [0.05, 0.1) is 11.4 Å². The van der Waals surface area contributed by atoms with Crippen LogP contribution in [-0.4, -0.2) is 16.0 Å². The van der Waals surface area contributed by atoms with Crippen molar-refractivity contribution in [3.05, 3.63) is 28.2 Å². The standard InChI is InChI=1S/C10H8BrNOS2/c1-6-4-7(11)2-3-8(6)12-9(13)5-15-10(12)14/h2-4H,5H2,1H3. The van der Waals surface area contributed by atoms with Gasteiger partial charge in [0.15, 0.2) is 0 Å². The maximum absolute atomic E-state index is 11.6. The zero-order chi connectivity index (χ0) is 11.0. The topological polar surface area (TPSA) is 20.3 Å². The minimum atomic E-state index is 0.0652. The predicted molar refractivity (Wildman–Crippen MR) is 71.4 cm³/mol. The Labute approximate surface area is 106 Å². The van der Waals surface area contributed by atoms with E-state index >= 15 is 0 Å². The van der Waals surface area contributed by atoms with Gasteiger partial charge in [-0.2, -0.15) is 0 Å². The smallest absolute Gasteiger partial charge is 0.243 e. The van der Waals surface area contributed by atoms with Crippen molar-refractivity contribution in [2.24, 2.45) is 0 Å². The Morgan fingerprint density at radius 2 is 2.27 bits per heavy atom. The number of amides is 1. The Kier molecular flexibility index (Phi) is 3.13. The highest BCUT2D eigenvalue weighted by molar-refractivity contribution is 9.10. The van der Waals surface area contributed by atoms with Crippen molar-refractivity contribution in [2.45, 2.75) is 6.92 Å². The maximum Gasteiger partial charge on any atom is 0.243 e. The fourth-order valence-corrected chi connectivity index (χ4v) is 3.01. The molecule has 0 bridgehead atoms. The minimum Gasteiger partial charge on any atom is -0.273 e. The van der Waals surface area contributed by atoms with E-state index < -0.39 is 0 Å². The van der Waals surface area contributed by atoms with Crippen LogP contribution in [0.25, 0.3) is 0 Å². The number of nitrogens with zero attached hydrogens (tertiary/aromatic N) is 1. The third-order valence-electron chi connectivity index (χ3n) is 2.15. The fraction of sp³-hybridized carbons (Fsp3) is 0.200. The number of carbonyl (C=O) groups is 1. The number of hydrogen-bond donors (Lipinski definition) is 0. The van der Waals surface area contributed by atoms with Crippen LogP contribution in [0, 0.1) is 6.92 Å². The van der Waals surface area contributed by atoms with Crippen molar-refractivity contribution in [1.82, 2.24) is 0 Å². The minimum absolute atomic E-state index is 0.0652. The molecule has 1 aliphatic heterocycles. The summed E-state index contributed by atoms with van der Waals surface area (Å²) in [5.41, 5.74) is 1.93. The number of benzene rings is 1. The third-order valence-corrected chi connectivity index (χ3v) is 4.00. The van der Waals surface area contributed by atoms with Crippen LogP contribution in [0.4, 0.5) is 5.69 Å². The summed E-state index contributed by atoms with van der Waals surface area (Å²) in [5.74, 6) is 0.518. The number of halogens is 1. The van der Waals surface area contributed by atoms with Crippen LogP contribution in [0.5, 0.6) is 0 Å². The molecule has 2 nitrogen and oxygen atoms in total. The first-order valence-corrected chi connectivity index (χ1v) is 6.54. The van der Waals surface area contributed by atoms with Gasteiger partial charge in [-0.25, -0.2) is 0 Å². The molecular formula is C10H8BrNOS2. The lowest BCUT2D eigenvalue weighted by Crippen LogP contribution is -2.28. The molecule has 0 spiro atoms. The largest absolute Gasteiger partial charge is 0.273 e. The first-order chi connectivity index (χ1) is 7.09. The molecule has 1 aliphatic rings. The maximum atomic E-state index is 11.6. The summed E-state index contributed by atoms with van der Waals surface area (Å²) in [5, 5.41) is 0. The molecule has 1 amide bonds. The summed E-state index contributed by atoms with van der Waals surface area (Å²) in [4.78, 5) is 13.2. The van der Waals surface area contributed by atoms with Crippen molar-refractivity contribution in [3.63, 3.8) is 0 Å². The fourth-order valence-electron chi connectivity index (χ4n) is 1.46. The molecule has 0 atom stereocenters. The van der Waals surface area contributed by atoms with Gasteiger partial charge in [-0.1, -0.05) is 39.9 Å². The molecule has 0 unspecified atom stereocenters. The van der Waals surface area contributed by atoms with E-state index in [-0.39, 0.29) is 5.91 Å². The van der Waals surface area contributed by atoms with Gasteiger partial charge in [0.2, 0.25) is 5.91 Å². The number of thioether (sulfide) groups is 1. The number of anilines is 1. The van der Waals surface area contributed by atoms with Crippen molar-refractivity contribution in [3.8, 4) is 0 Å². The second kappa shape index (κ2) is 4.23. The van der Waals surface area contributed by atoms with Gasteiger partial charge in [0.25, 0.3) is 0 Å². The normalized spacial score (nSPS) is 16.3. The van der Waals surface area contributed by atoms with Crippen molar-refractivity contribution in [2.75, 3.05) is 10.7 Å². The van der Waals surface area contributed by atoms with Crippen LogP contribution < -0.4 is 4.90 Å². The molecule has 0 saturated carbocycles. The molecule has 1 heterocycles. The number of aryl methyl sites for hydroxylation is 1. The third kappa shape index (κ3) is 2.09. The Hall–Kier alpha value is -0.390. The van der Waals surface area contributed by atoms with E-state index in [1.807, 2.05) is 25.1 Å². The van der Waals surface area contributed by atoms with E-state index in [1.54, 1.807) is 4.90 Å². The first-order valence-electron chi connectivity index (χ1n) is 4.35. The quantitative estimate of drug-likeness (QED) is 0.743. The Morgan fingerprint density at radius 1 is 1.53 bits per heavy atom. The molecule has 0 N–H and O–H groups in total. The zero-order valence-electron chi connectivity index (χ0n) is 7.99. The first kappa shape index (κ1) is 11.1. The van der Waals surface area contributed by atoms with Crippen LogP contribution in [0.3, 0.4) is 0 Å². The van der Waals surface area contributed by atoms with Gasteiger partial charge in [-0.3, -0.25) is 9.69 Å². The number of hydrogen-bond acceptors (Lipinski definition) is 3. The van der Waals surface area contributed by atoms with E-state index in [4.69, 9.17) is 12.2 Å². The Bertz CT molecular complexity index is 431. The molecule has 1 aromatic carbocycles. The molecule has 1 saturated heterocycles. The summed E-state index contributed by atoms with van der Waals surface area (Å²) in [7, 11) is 0. The van der Waals surface area contributed by atoms with E-state index in [9.17, 15) is 4.79 Å². The molecule has 5 heteroatoms. The second-order valence-corrected chi connectivity index (χ2v) is 5.74. The molecule has 0 aliphatic carbocycles. The monoisotopic (exact) mass is 301 g/mol. The van der Waals surface area contributed by atoms with Gasteiger partial charge < -0.3 is 0 Å². The van der Waals surface area contributed by atoms with Gasteiger partial charge in [-0.05, 0) is 30.7 Å². The van der Waals surface area contributed by atoms with Crippen LogP contribution in [-0.2, 0) is 4.79 Å². The Balaban J connectivity index is 2.45. The molecule has 0 aromatic heterocycles. The summed E-state index contributed by atoms with van der Waals surface area (Å²) in [6.07, 6.45) is 0. The SMILES string of the molecule is Cc1cc(Br)ccc1N1C(=O)CSC1=S. The number of thiocarbonyl (C=S) groups is 1. The van der Waals surface area contributed by atoms with Gasteiger partial charge in [-0.15, -0.1) is 0 Å². The molecule has 2 rings (SSSR count). The van der Waals surface area contributed by atoms with E-state index in [0.29, 0.717) is 10.1 Å². The summed E-state index contributed by atoms with van der Waals surface area (Å²) in [6, 6.07) is 5.81. The molecule has 78 valence electrons. The average molecular weight is 302 g/mol. The van der Waals surface area contributed by atoms with E-state index in [0.717, 1.165) is 15.7 Å². The average Bonchev–Trinajstić information content (AvgIpc) is 2.48.